The molecule has 752 valence electrons. The number of anilines is 16. The van der Waals surface area contributed by atoms with Crippen LogP contribution in [0.25, 0.3) is 91.1 Å². The standard InChI is InChI=1S/8C9H9N5.8NO3/c8*10-8-12-7(13-9(11)14-8)6-4-2-1-3-5-6;8*2-1(3)4/h8*1-5H,(H4,10,11,12,13,14);;;;;;;;/q;;;;;;;;8*-1/p+8. The van der Waals surface area contributed by atoms with Gasteiger partial charge < -0.3 is 214 Å². The molecule has 0 aliphatic carbocycles. The van der Waals surface area contributed by atoms with Gasteiger partial charge in [-0.15, -0.1) is 0 Å². The van der Waals surface area contributed by atoms with E-state index in [1.54, 1.807) is 0 Å². The Bertz CT molecular complexity index is 5260. The third-order valence-electron chi connectivity index (χ3n) is 13.9. The summed E-state index contributed by atoms with van der Waals surface area (Å²) in [5.74, 6) is 8.39. The molecule has 0 amide bonds. The van der Waals surface area contributed by atoms with Crippen molar-refractivity contribution >= 4 is 95.2 Å². The predicted octanol–water partition coefficient (Wildman–Crippen LogP) is -0.936. The average molecular weight is 2000 g/mol. The lowest BCUT2D eigenvalue weighted by Crippen LogP contribution is -2.20. The Hall–Kier alpha value is -23.8. The molecule has 16 rings (SSSR count). The van der Waals surface area contributed by atoms with Crippen LogP contribution in [-0.2, 0) is 0 Å². The molecule has 0 spiro atoms. The molecule has 0 aliphatic heterocycles. The highest BCUT2D eigenvalue weighted by Gasteiger charge is 2.17. The minimum atomic E-state index is -1.75. The van der Waals surface area contributed by atoms with Crippen LogP contribution in [0.15, 0.2) is 243 Å². The van der Waals surface area contributed by atoms with E-state index in [9.17, 15) is 0 Å². The van der Waals surface area contributed by atoms with Crippen molar-refractivity contribution in [2.75, 3.05) is 91.7 Å². The minimum absolute atomic E-state index is 0.261. The van der Waals surface area contributed by atoms with Crippen LogP contribution >= 0.6 is 0 Å². The highest BCUT2D eigenvalue weighted by atomic mass is 16.9. The number of hydrogen-bond acceptors (Lipinski definition) is 56. The summed E-state index contributed by atoms with van der Waals surface area (Å²) >= 11 is 0. The Labute approximate surface area is 800 Å². The predicted molar refractivity (Wildman–Crippen MR) is 506 cm³/mol. The maximum absolute atomic E-state index is 8.25. The van der Waals surface area contributed by atoms with Gasteiger partial charge in [0.1, 0.15) is 0 Å². The van der Waals surface area contributed by atoms with Crippen LogP contribution in [0.3, 0.4) is 0 Å². The van der Waals surface area contributed by atoms with Gasteiger partial charge in [0.25, 0.3) is 46.6 Å². The molecule has 0 fully saturated rings. The molecule has 40 N–H and O–H groups in total. The maximum Gasteiger partial charge on any atom is 0.318 e. The van der Waals surface area contributed by atoms with Crippen molar-refractivity contribution in [3.8, 4) is 91.1 Å². The van der Waals surface area contributed by atoms with Gasteiger partial charge in [-0.2, -0.15) is 0 Å². The first-order valence-corrected chi connectivity index (χ1v) is 37.4. The van der Waals surface area contributed by atoms with Gasteiger partial charge in [0.15, 0.2) is 0 Å². The maximum atomic E-state index is 8.25. The van der Waals surface area contributed by atoms with Crippen molar-refractivity contribution in [1.29, 1.82) is 0 Å². The second-order valence-corrected chi connectivity index (χ2v) is 24.3. The number of nitrogen functional groups attached to an aromatic ring is 16. The Morgan fingerprint density at radius 1 is 0.132 bits per heavy atom. The molecule has 0 bridgehead atoms. The molecule has 8 aromatic carbocycles. The first-order chi connectivity index (χ1) is 67.9. The molecular formula is C72H80N48O24. The Morgan fingerprint density at radius 2 is 0.188 bits per heavy atom. The number of benzene rings is 8. The van der Waals surface area contributed by atoms with Gasteiger partial charge in [-0.05, 0) is 97.1 Å². The summed E-state index contributed by atoms with van der Waals surface area (Å²) in [7, 11) is 0. The molecule has 8 heterocycles. The second kappa shape index (κ2) is 64.9. The average Bonchev–Trinajstić information content (AvgIpc) is 0.893. The van der Waals surface area contributed by atoms with E-state index in [1.165, 1.54) is 0 Å². The molecule has 0 aliphatic rings. The number of nitrogens with one attached hydrogen (secondary N) is 8. The zero-order valence-electron chi connectivity index (χ0n) is 72.9. The fraction of sp³-hybridized carbons (Fsp3) is 0. The summed E-state index contributed by atoms with van der Waals surface area (Å²) in [6.07, 6.45) is 0. The van der Waals surface area contributed by atoms with Gasteiger partial charge in [-0.25, -0.2) is 39.9 Å². The number of nitrogens with zero attached hydrogens (tertiary/aromatic N) is 24. The number of rotatable bonds is 8. The molecule has 72 nitrogen and oxygen atoms in total. The van der Waals surface area contributed by atoms with E-state index in [1.807, 2.05) is 243 Å². The van der Waals surface area contributed by atoms with Crippen molar-refractivity contribution in [3.63, 3.8) is 0 Å². The van der Waals surface area contributed by atoms with Gasteiger partial charge in [-0.3, -0.25) is 0 Å². The topological polar surface area (TPSA) is 1270 Å². The van der Waals surface area contributed by atoms with Crippen LogP contribution in [0, 0.1) is 123 Å². The molecule has 144 heavy (non-hydrogen) atoms. The monoisotopic (exact) mass is 2000 g/mol. The van der Waals surface area contributed by atoms with E-state index in [-0.39, 0.29) is 95.2 Å². The van der Waals surface area contributed by atoms with Crippen LogP contribution in [0.1, 0.15) is 0 Å². The molecule has 0 unspecified atom stereocenters. The van der Waals surface area contributed by atoms with Crippen LogP contribution in [0.2, 0.25) is 0 Å². The van der Waals surface area contributed by atoms with Crippen molar-refractivity contribution in [2.24, 2.45) is 0 Å². The lowest BCUT2D eigenvalue weighted by molar-refractivity contribution is -0.403. The second-order valence-electron chi connectivity index (χ2n) is 24.3. The van der Waals surface area contributed by atoms with E-state index < -0.39 is 40.7 Å². The first kappa shape index (κ1) is 118. The van der Waals surface area contributed by atoms with Crippen LogP contribution < -0.4 is 132 Å². The fourth-order valence-electron chi connectivity index (χ4n) is 9.25. The minimum Gasteiger partial charge on any atom is -0.356 e. The van der Waals surface area contributed by atoms with E-state index >= 15 is 0 Å². The van der Waals surface area contributed by atoms with Crippen molar-refractivity contribution in [2.45, 2.75) is 0 Å². The summed E-state index contributed by atoms with van der Waals surface area (Å²) < 4.78 is 0. The summed E-state index contributed by atoms with van der Waals surface area (Å²) in [4.78, 5) is 151. The molecule has 72 heteroatoms. The van der Waals surface area contributed by atoms with E-state index in [2.05, 4.69) is 120 Å². The molecule has 0 saturated heterocycles. The van der Waals surface area contributed by atoms with Gasteiger partial charge in [0.2, 0.25) is 0 Å². The van der Waals surface area contributed by atoms with E-state index in [4.69, 9.17) is 214 Å². The highest BCUT2D eigenvalue weighted by molar-refractivity contribution is 5.62. The fourth-order valence-corrected chi connectivity index (χ4v) is 9.25. The number of hydrogen-bond donors (Lipinski definition) is 16. The van der Waals surface area contributed by atoms with Crippen LogP contribution in [0.4, 0.5) is 95.2 Å². The van der Waals surface area contributed by atoms with E-state index in [0.717, 1.165) is 44.5 Å². The van der Waals surface area contributed by atoms with Crippen molar-refractivity contribution < 1.29 is 80.6 Å². The van der Waals surface area contributed by atoms with Gasteiger partial charge in [0.05, 0.1) is 40.7 Å². The SMILES string of the molecule is Nc1nc(-c2ccccc2)nc(N)[nH+]1.Nc1nc(-c2ccccc2)nc(N)[nH+]1.Nc1nc(-c2ccccc2)nc(N)[nH+]1.Nc1nc(-c2ccccc2)nc(N)[nH+]1.Nc1nc(-c2ccccc2)nc(N)[nH+]1.Nc1nc(-c2ccccc2)nc(N)[nH+]1.Nc1nc(-c2ccccc2)nc(N)[nH+]1.Nc1nc(-c2ccccc2)nc(N)[nH+]1.O=[N+]([O-])[O-].O=[N+]([O-])[O-].O=[N+]([O-])[O-].O=[N+]([O-])[O-].O=[N+]([O-])[O-].O=[N+]([O-])[O-].O=[N+]([O-])[O-].O=[N+]([O-])[O-]. The third kappa shape index (κ3) is 57.4. The highest BCUT2D eigenvalue weighted by Crippen LogP contribution is 2.21. The summed E-state index contributed by atoms with van der Waals surface area (Å²) in [5.41, 5.74) is 95.3. The Morgan fingerprint density at radius 3 is 0.243 bits per heavy atom. The molecule has 0 atom stereocenters. The third-order valence-corrected chi connectivity index (χ3v) is 13.9. The lowest BCUT2D eigenvalue weighted by Gasteiger charge is -1.95. The first-order valence-electron chi connectivity index (χ1n) is 37.4. The van der Waals surface area contributed by atoms with Crippen LogP contribution in [-0.4, -0.2) is 120 Å². The van der Waals surface area contributed by atoms with Gasteiger partial charge in [0, 0.05) is 44.5 Å². The summed E-state index contributed by atoms with van der Waals surface area (Å²) in [5, 5.41) is 118. The summed E-state index contributed by atoms with van der Waals surface area (Å²) in [6, 6.07) is 76.2. The smallest absolute Gasteiger partial charge is 0.318 e. The van der Waals surface area contributed by atoms with Crippen LogP contribution in [0.5, 0.6) is 0 Å². The molecule has 16 aromatic rings. The Balaban J connectivity index is 0.000000788. The quantitative estimate of drug-likeness (QED) is 0.0645. The summed E-state index contributed by atoms with van der Waals surface area (Å²) in [6.45, 7) is 0. The zero-order chi connectivity index (χ0) is 108. The number of H-pyrrole nitrogens is 8. The lowest BCUT2D eigenvalue weighted by atomic mass is 10.2. The molecule has 0 radical (unpaired) electrons. The van der Waals surface area contributed by atoms with E-state index in [0.29, 0.717) is 46.6 Å². The normalized spacial score (nSPS) is 9.11. The van der Waals surface area contributed by atoms with Crippen molar-refractivity contribution in [3.05, 3.63) is 365 Å². The number of aromatic amines is 8. The number of nitrogens with two attached hydrogens (primary N) is 16. The van der Waals surface area contributed by atoms with Gasteiger partial charge in [-0.1, -0.05) is 225 Å². The molecule has 8 aromatic heterocycles. The van der Waals surface area contributed by atoms with Gasteiger partial charge >= 0.3 is 95.2 Å². The molecular weight excluding hydrogens is 1920 g/mol. The molecule has 0 saturated carbocycles. The number of aromatic nitrogens is 24. The zero-order valence-corrected chi connectivity index (χ0v) is 72.9. The van der Waals surface area contributed by atoms with Crippen molar-refractivity contribution in [1.82, 2.24) is 79.7 Å². The largest absolute Gasteiger partial charge is 0.356 e. The Kier molecular flexibility index (Phi) is 53.3.